The van der Waals surface area contributed by atoms with Crippen LogP contribution in [0.5, 0.6) is 23.0 Å². The minimum atomic E-state index is -0.307. The number of rotatable bonds is 10. The fourth-order valence-electron chi connectivity index (χ4n) is 3.13. The molecule has 0 radical (unpaired) electrons. The monoisotopic (exact) mass is 423 g/mol. The number of hydrogen-bond donors (Lipinski definition) is 1. The van der Waals surface area contributed by atoms with E-state index >= 15 is 0 Å². The van der Waals surface area contributed by atoms with Crippen LogP contribution >= 0.6 is 0 Å². The van der Waals surface area contributed by atoms with Gasteiger partial charge in [0.05, 0.1) is 14.2 Å². The number of hydrogen-bond acceptors (Lipinski definition) is 4. The van der Waals surface area contributed by atoms with E-state index in [2.05, 4.69) is 5.32 Å². The van der Waals surface area contributed by atoms with Gasteiger partial charge in [-0.1, -0.05) is 18.2 Å². The van der Waals surface area contributed by atoms with Crippen LogP contribution in [0.3, 0.4) is 0 Å². The van der Waals surface area contributed by atoms with Crippen LogP contribution in [0.15, 0.2) is 66.7 Å². The van der Waals surface area contributed by atoms with E-state index in [1.54, 1.807) is 26.4 Å². The van der Waals surface area contributed by atoms with Gasteiger partial charge < -0.3 is 19.5 Å². The van der Waals surface area contributed by atoms with Gasteiger partial charge in [-0.05, 0) is 72.5 Å². The van der Waals surface area contributed by atoms with Crippen molar-refractivity contribution in [3.05, 3.63) is 83.7 Å². The Kier molecular flexibility index (Phi) is 7.87. The largest absolute Gasteiger partial charge is 0.493 e. The number of amides is 1. The Morgan fingerprint density at radius 1 is 0.839 bits per heavy atom. The van der Waals surface area contributed by atoms with Crippen molar-refractivity contribution in [1.82, 2.24) is 5.32 Å². The molecule has 1 N–H and O–H groups in total. The Labute approximate surface area is 181 Å². The van der Waals surface area contributed by atoms with Crippen molar-refractivity contribution in [2.45, 2.75) is 19.3 Å². The predicted octanol–water partition coefficient (Wildman–Crippen LogP) is 4.93. The molecule has 0 aliphatic rings. The molecule has 0 unspecified atom stereocenters. The molecule has 1 amide bonds. The molecule has 0 bridgehead atoms. The molecule has 0 fully saturated rings. The SMILES string of the molecule is COc1ccc(CCNC(=O)CCc2cccc(Oc3ccc(F)cc3)c2)cc1OC. The summed E-state index contributed by atoms with van der Waals surface area (Å²) in [7, 11) is 3.20. The smallest absolute Gasteiger partial charge is 0.220 e. The summed E-state index contributed by atoms with van der Waals surface area (Å²) in [6.07, 6.45) is 1.68. The average molecular weight is 423 g/mol. The van der Waals surface area contributed by atoms with E-state index in [-0.39, 0.29) is 11.7 Å². The van der Waals surface area contributed by atoms with Gasteiger partial charge in [0.1, 0.15) is 17.3 Å². The molecule has 0 spiro atoms. The van der Waals surface area contributed by atoms with Crippen LogP contribution in [-0.2, 0) is 17.6 Å². The van der Waals surface area contributed by atoms with Crippen molar-refractivity contribution in [2.75, 3.05) is 20.8 Å². The molecule has 3 aromatic rings. The third-order valence-corrected chi connectivity index (χ3v) is 4.77. The van der Waals surface area contributed by atoms with Gasteiger partial charge in [0.2, 0.25) is 5.91 Å². The molecule has 0 saturated carbocycles. The molecule has 31 heavy (non-hydrogen) atoms. The molecular formula is C25H26FNO4. The Morgan fingerprint density at radius 3 is 2.32 bits per heavy atom. The van der Waals surface area contributed by atoms with Gasteiger partial charge in [0.15, 0.2) is 11.5 Å². The first kappa shape index (κ1) is 22.2. The van der Waals surface area contributed by atoms with Gasteiger partial charge in [0.25, 0.3) is 0 Å². The number of ether oxygens (including phenoxy) is 3. The van der Waals surface area contributed by atoms with Crippen molar-refractivity contribution in [2.24, 2.45) is 0 Å². The second-order valence-corrected chi connectivity index (χ2v) is 6.99. The molecular weight excluding hydrogens is 397 g/mol. The van der Waals surface area contributed by atoms with Gasteiger partial charge in [0, 0.05) is 13.0 Å². The van der Waals surface area contributed by atoms with Crippen molar-refractivity contribution >= 4 is 5.91 Å². The van der Waals surface area contributed by atoms with Crippen molar-refractivity contribution in [3.8, 4) is 23.0 Å². The zero-order chi connectivity index (χ0) is 22.1. The van der Waals surface area contributed by atoms with Crippen LogP contribution in [0.4, 0.5) is 4.39 Å². The number of benzene rings is 3. The molecule has 3 rings (SSSR count). The van der Waals surface area contributed by atoms with Crippen LogP contribution in [0.1, 0.15) is 17.5 Å². The summed E-state index contributed by atoms with van der Waals surface area (Å²) in [5, 5.41) is 2.95. The van der Waals surface area contributed by atoms with Crippen LogP contribution in [0, 0.1) is 5.82 Å². The molecule has 162 valence electrons. The first-order valence-electron chi connectivity index (χ1n) is 10.1. The van der Waals surface area contributed by atoms with E-state index in [0.29, 0.717) is 48.8 Å². The molecule has 0 aromatic heterocycles. The molecule has 0 aliphatic heterocycles. The number of halogens is 1. The Bertz CT molecular complexity index is 1000. The fraction of sp³-hybridized carbons (Fsp3) is 0.240. The van der Waals surface area contributed by atoms with Crippen molar-refractivity contribution < 1.29 is 23.4 Å². The average Bonchev–Trinajstić information content (AvgIpc) is 2.79. The number of carbonyl (C=O) groups excluding carboxylic acids is 1. The maximum absolute atomic E-state index is 13.0. The summed E-state index contributed by atoms with van der Waals surface area (Å²) in [5.41, 5.74) is 2.05. The third-order valence-electron chi connectivity index (χ3n) is 4.77. The van der Waals surface area contributed by atoms with Crippen molar-refractivity contribution in [3.63, 3.8) is 0 Å². The highest BCUT2D eigenvalue weighted by atomic mass is 19.1. The van der Waals surface area contributed by atoms with E-state index in [1.165, 1.54) is 12.1 Å². The topological polar surface area (TPSA) is 56.8 Å². The summed E-state index contributed by atoms with van der Waals surface area (Å²) in [6.45, 7) is 0.544. The Morgan fingerprint density at radius 2 is 1.58 bits per heavy atom. The second kappa shape index (κ2) is 11.0. The minimum absolute atomic E-state index is 0.00895. The molecule has 3 aromatic carbocycles. The molecule has 0 heterocycles. The fourth-order valence-corrected chi connectivity index (χ4v) is 3.13. The quantitative estimate of drug-likeness (QED) is 0.503. The summed E-state index contributed by atoms with van der Waals surface area (Å²) >= 11 is 0. The number of methoxy groups -OCH3 is 2. The highest BCUT2D eigenvalue weighted by molar-refractivity contribution is 5.76. The van der Waals surface area contributed by atoms with Crippen LogP contribution in [0.25, 0.3) is 0 Å². The summed E-state index contributed by atoms with van der Waals surface area (Å²) < 4.78 is 29.3. The lowest BCUT2D eigenvalue weighted by atomic mass is 10.1. The highest BCUT2D eigenvalue weighted by Gasteiger charge is 2.07. The van der Waals surface area contributed by atoms with Crippen molar-refractivity contribution in [1.29, 1.82) is 0 Å². The number of carbonyl (C=O) groups is 1. The zero-order valence-corrected chi connectivity index (χ0v) is 17.7. The number of aryl methyl sites for hydroxylation is 1. The maximum Gasteiger partial charge on any atom is 0.220 e. The van der Waals surface area contributed by atoms with Gasteiger partial charge in [-0.15, -0.1) is 0 Å². The molecule has 0 saturated heterocycles. The first-order valence-corrected chi connectivity index (χ1v) is 10.1. The first-order chi connectivity index (χ1) is 15.1. The van der Waals surface area contributed by atoms with Gasteiger partial charge in [-0.2, -0.15) is 0 Å². The van der Waals surface area contributed by atoms with Gasteiger partial charge in [-0.25, -0.2) is 4.39 Å². The van der Waals surface area contributed by atoms with Gasteiger partial charge in [-0.3, -0.25) is 4.79 Å². The zero-order valence-electron chi connectivity index (χ0n) is 17.7. The van der Waals surface area contributed by atoms with E-state index < -0.39 is 0 Å². The lowest BCUT2D eigenvalue weighted by Gasteiger charge is -2.10. The molecule has 5 nitrogen and oxygen atoms in total. The highest BCUT2D eigenvalue weighted by Crippen LogP contribution is 2.27. The molecule has 0 atom stereocenters. The van der Waals surface area contributed by atoms with E-state index in [4.69, 9.17) is 14.2 Å². The van der Waals surface area contributed by atoms with Crippen LogP contribution < -0.4 is 19.5 Å². The molecule has 0 aliphatic carbocycles. The van der Waals surface area contributed by atoms with E-state index in [9.17, 15) is 9.18 Å². The molecule has 6 heteroatoms. The van der Waals surface area contributed by atoms with Crippen LogP contribution in [0.2, 0.25) is 0 Å². The lowest BCUT2D eigenvalue weighted by molar-refractivity contribution is -0.121. The van der Waals surface area contributed by atoms with Crippen LogP contribution in [-0.4, -0.2) is 26.7 Å². The second-order valence-electron chi connectivity index (χ2n) is 6.99. The summed E-state index contributed by atoms with van der Waals surface area (Å²) in [4.78, 5) is 12.2. The summed E-state index contributed by atoms with van der Waals surface area (Å²) in [5.74, 6) is 2.25. The minimum Gasteiger partial charge on any atom is -0.493 e. The normalized spacial score (nSPS) is 10.4. The summed E-state index contributed by atoms with van der Waals surface area (Å²) in [6, 6.07) is 19.1. The standard InChI is InChI=1S/C25H26FNO4/c1-29-23-12-6-19(17-24(23)30-2)14-15-27-25(28)13-7-18-4-3-5-22(16-18)31-21-10-8-20(26)9-11-21/h3-6,8-12,16-17H,7,13-15H2,1-2H3,(H,27,28). The van der Waals surface area contributed by atoms with E-state index in [0.717, 1.165) is 11.1 Å². The number of nitrogens with one attached hydrogen (secondary N) is 1. The predicted molar refractivity (Wildman–Crippen MR) is 117 cm³/mol. The van der Waals surface area contributed by atoms with Gasteiger partial charge >= 0.3 is 0 Å². The third kappa shape index (κ3) is 6.74. The lowest BCUT2D eigenvalue weighted by Crippen LogP contribution is -2.25. The van der Waals surface area contributed by atoms with E-state index in [1.807, 2.05) is 42.5 Å². The maximum atomic E-state index is 13.0. The Hall–Kier alpha value is -3.54. The Balaban J connectivity index is 1.45.